The number of hydrogen-bond acceptors (Lipinski definition) is 3. The zero-order chi connectivity index (χ0) is 19.1. The fourth-order valence-corrected chi connectivity index (χ4v) is 3.47. The summed E-state index contributed by atoms with van der Waals surface area (Å²) in [6.45, 7) is 2.91. The number of benzene rings is 2. The molecule has 0 unspecified atom stereocenters. The van der Waals surface area contributed by atoms with Crippen LogP contribution in [0.15, 0.2) is 76.9 Å². The van der Waals surface area contributed by atoms with Gasteiger partial charge in [0.25, 0.3) is 0 Å². The average molecular weight is 395 g/mol. The minimum absolute atomic E-state index is 0.463. The fraction of sp³-hybridized carbons (Fsp3) is 0.143. The molecule has 2 aromatic carbocycles. The molecule has 4 nitrogen and oxygen atoms in total. The van der Waals surface area contributed by atoms with Crippen LogP contribution in [0, 0.1) is 6.92 Å². The van der Waals surface area contributed by atoms with Crippen molar-refractivity contribution < 1.29 is 0 Å². The monoisotopic (exact) mass is 394 g/mol. The second-order valence-corrected chi connectivity index (χ2v) is 7.33. The molecule has 0 atom stereocenters. The topological polar surface area (TPSA) is 41.4 Å². The van der Waals surface area contributed by atoms with Crippen LogP contribution in [0.5, 0.6) is 0 Å². The van der Waals surface area contributed by atoms with Crippen LogP contribution in [0.25, 0.3) is 0 Å². The van der Waals surface area contributed by atoms with Gasteiger partial charge < -0.3 is 9.88 Å². The van der Waals surface area contributed by atoms with Crippen LogP contribution in [0.3, 0.4) is 0 Å². The van der Waals surface area contributed by atoms with Crippen LogP contribution < -0.4 is 10.7 Å². The van der Waals surface area contributed by atoms with Gasteiger partial charge in [-0.2, -0.15) is 5.10 Å². The van der Waals surface area contributed by atoms with Gasteiger partial charge in [-0.05, 0) is 55.2 Å². The van der Waals surface area contributed by atoms with E-state index in [-0.39, 0.29) is 0 Å². The Hall–Kier alpha value is -2.57. The second kappa shape index (κ2) is 9.39. The highest BCUT2D eigenvalue weighted by molar-refractivity contribution is 7.98. The largest absolute Gasteiger partial charge is 0.342 e. The number of aromatic nitrogens is 1. The van der Waals surface area contributed by atoms with Crippen molar-refractivity contribution >= 4 is 41.0 Å². The van der Waals surface area contributed by atoms with Crippen molar-refractivity contribution in [2.75, 3.05) is 11.6 Å². The molecule has 27 heavy (non-hydrogen) atoms. The lowest BCUT2D eigenvalue weighted by Crippen LogP contribution is -2.24. The van der Waals surface area contributed by atoms with Gasteiger partial charge in [0.05, 0.1) is 17.6 Å². The number of hydrogen-bond donors (Lipinski definition) is 2. The summed E-state index contributed by atoms with van der Waals surface area (Å²) >= 11 is 7.01. The van der Waals surface area contributed by atoms with E-state index in [4.69, 9.17) is 12.2 Å². The molecule has 0 fully saturated rings. The van der Waals surface area contributed by atoms with E-state index in [2.05, 4.69) is 63.9 Å². The lowest BCUT2D eigenvalue weighted by Gasteiger charge is -2.10. The van der Waals surface area contributed by atoms with Gasteiger partial charge in [-0.25, -0.2) is 0 Å². The first-order chi connectivity index (χ1) is 13.2. The summed E-state index contributed by atoms with van der Waals surface area (Å²) in [5.41, 5.74) is 7.40. The van der Waals surface area contributed by atoms with E-state index in [1.165, 1.54) is 11.1 Å². The van der Waals surface area contributed by atoms with Crippen LogP contribution in [0.2, 0.25) is 0 Å². The third-order valence-corrected chi connectivity index (χ3v) is 5.01. The van der Waals surface area contributed by atoms with Crippen molar-refractivity contribution in [3.8, 4) is 0 Å². The highest BCUT2D eigenvalue weighted by Gasteiger charge is 2.03. The van der Waals surface area contributed by atoms with Crippen molar-refractivity contribution in [2.24, 2.45) is 5.10 Å². The Kier molecular flexibility index (Phi) is 6.68. The van der Waals surface area contributed by atoms with Gasteiger partial charge in [0.1, 0.15) is 0 Å². The maximum atomic E-state index is 5.34. The van der Waals surface area contributed by atoms with Crippen LogP contribution in [-0.4, -0.2) is 22.1 Å². The zero-order valence-corrected chi connectivity index (χ0v) is 17.0. The predicted octanol–water partition coefficient (Wildman–Crippen LogP) is 4.89. The Morgan fingerprint density at radius 3 is 2.81 bits per heavy atom. The molecule has 0 aliphatic carbocycles. The Morgan fingerprint density at radius 2 is 2.00 bits per heavy atom. The number of aryl methyl sites for hydroxylation is 1. The zero-order valence-electron chi connectivity index (χ0n) is 15.3. The minimum Gasteiger partial charge on any atom is -0.342 e. The Morgan fingerprint density at radius 1 is 1.15 bits per heavy atom. The summed E-state index contributed by atoms with van der Waals surface area (Å²) in [4.78, 5) is 1.14. The molecular weight excluding hydrogens is 372 g/mol. The number of anilines is 1. The third-order valence-electron chi connectivity index (χ3n) is 4.02. The summed E-state index contributed by atoms with van der Waals surface area (Å²) in [5, 5.41) is 7.92. The summed E-state index contributed by atoms with van der Waals surface area (Å²) in [6, 6.07) is 20.6. The molecule has 0 spiro atoms. The van der Waals surface area contributed by atoms with E-state index in [9.17, 15) is 0 Å². The van der Waals surface area contributed by atoms with Crippen LogP contribution in [0.4, 0.5) is 5.69 Å². The normalized spacial score (nSPS) is 10.9. The van der Waals surface area contributed by atoms with Crippen molar-refractivity contribution in [3.63, 3.8) is 0 Å². The number of nitrogens with one attached hydrogen (secondary N) is 2. The molecule has 0 saturated heterocycles. The number of thiocarbonyl (C=S) groups is 1. The molecule has 0 radical (unpaired) electrons. The molecule has 0 amide bonds. The van der Waals surface area contributed by atoms with Crippen molar-refractivity contribution in [2.45, 2.75) is 18.4 Å². The SMILES string of the molecule is CSc1ccccc1NC(=S)N/N=C\c1cccn1Cc1cccc(C)c1. The first kappa shape index (κ1) is 19.2. The number of nitrogens with zero attached hydrogens (tertiary/aromatic N) is 2. The first-order valence-corrected chi connectivity index (χ1v) is 10.2. The lowest BCUT2D eigenvalue weighted by molar-refractivity contribution is 0.798. The van der Waals surface area contributed by atoms with Crippen LogP contribution in [0.1, 0.15) is 16.8 Å². The highest BCUT2D eigenvalue weighted by atomic mass is 32.2. The molecular formula is C21H22N4S2. The summed E-state index contributed by atoms with van der Waals surface area (Å²) in [5.74, 6) is 0. The van der Waals surface area contributed by atoms with Crippen LogP contribution >= 0.6 is 24.0 Å². The average Bonchev–Trinajstić information content (AvgIpc) is 3.09. The van der Waals surface area contributed by atoms with E-state index in [1.807, 2.05) is 36.6 Å². The van der Waals surface area contributed by atoms with Gasteiger partial charge in [0, 0.05) is 17.6 Å². The maximum Gasteiger partial charge on any atom is 0.191 e. The van der Waals surface area contributed by atoms with Crippen molar-refractivity contribution in [1.82, 2.24) is 9.99 Å². The Balaban J connectivity index is 1.60. The second-order valence-electron chi connectivity index (χ2n) is 6.07. The predicted molar refractivity (Wildman–Crippen MR) is 120 cm³/mol. The van der Waals surface area contributed by atoms with Gasteiger partial charge in [-0.1, -0.05) is 42.0 Å². The first-order valence-electron chi connectivity index (χ1n) is 8.59. The lowest BCUT2D eigenvalue weighted by atomic mass is 10.1. The van der Waals surface area contributed by atoms with E-state index in [0.717, 1.165) is 22.8 Å². The molecule has 0 aliphatic rings. The molecule has 0 saturated carbocycles. The molecule has 3 aromatic rings. The van der Waals surface area contributed by atoms with Crippen molar-refractivity contribution in [1.29, 1.82) is 0 Å². The molecule has 0 aliphatic heterocycles. The molecule has 6 heteroatoms. The van der Waals surface area contributed by atoms with E-state index in [1.54, 1.807) is 18.0 Å². The van der Waals surface area contributed by atoms with Gasteiger partial charge in [0.2, 0.25) is 0 Å². The quantitative estimate of drug-likeness (QED) is 0.270. The highest BCUT2D eigenvalue weighted by Crippen LogP contribution is 2.24. The number of thioether (sulfide) groups is 1. The molecule has 138 valence electrons. The summed E-state index contributed by atoms with van der Waals surface area (Å²) in [6.07, 6.45) is 5.87. The molecule has 1 heterocycles. The Labute approximate surface area is 169 Å². The van der Waals surface area contributed by atoms with Gasteiger partial charge in [-0.3, -0.25) is 5.43 Å². The van der Waals surface area contributed by atoms with E-state index < -0.39 is 0 Å². The Bertz CT molecular complexity index is 947. The number of para-hydroxylation sites is 1. The van der Waals surface area contributed by atoms with Gasteiger partial charge in [-0.15, -0.1) is 11.8 Å². The molecule has 3 rings (SSSR count). The number of rotatable bonds is 6. The third kappa shape index (κ3) is 5.45. The standard InChI is InChI=1S/C21H22N4S2/c1-16-7-5-8-17(13-16)15-25-12-6-9-18(25)14-22-24-21(26)23-19-10-3-4-11-20(19)27-2/h3-14H,15H2,1-2H3,(H2,23,24,26)/b22-14-. The van der Waals surface area contributed by atoms with Gasteiger partial charge in [0.15, 0.2) is 5.11 Å². The van der Waals surface area contributed by atoms with Gasteiger partial charge >= 0.3 is 0 Å². The van der Waals surface area contributed by atoms with Crippen molar-refractivity contribution in [3.05, 3.63) is 83.7 Å². The molecule has 2 N–H and O–H groups in total. The molecule has 1 aromatic heterocycles. The minimum atomic E-state index is 0.463. The maximum absolute atomic E-state index is 5.34. The summed E-state index contributed by atoms with van der Waals surface area (Å²) < 4.78 is 2.15. The fourth-order valence-electron chi connectivity index (χ4n) is 2.75. The molecule has 0 bridgehead atoms. The number of hydrazone groups is 1. The summed E-state index contributed by atoms with van der Waals surface area (Å²) in [7, 11) is 0. The van der Waals surface area contributed by atoms with Crippen LogP contribution in [-0.2, 0) is 6.54 Å². The smallest absolute Gasteiger partial charge is 0.191 e. The van der Waals surface area contributed by atoms with E-state index in [0.29, 0.717) is 5.11 Å². The van der Waals surface area contributed by atoms with E-state index >= 15 is 0 Å².